The zero-order valence-corrected chi connectivity index (χ0v) is 15.7. The van der Waals surface area contributed by atoms with Crippen molar-refractivity contribution in [1.29, 1.82) is 0 Å². The SMILES string of the molecule is CSSc1ccc(C(=O)NCc2cc3ccccc3o2)c2cccnc12. The van der Waals surface area contributed by atoms with Crippen LogP contribution >= 0.6 is 21.6 Å². The van der Waals surface area contributed by atoms with E-state index in [2.05, 4.69) is 10.3 Å². The lowest BCUT2D eigenvalue weighted by Gasteiger charge is -2.09. The molecule has 0 unspecified atom stereocenters. The fourth-order valence-corrected chi connectivity index (χ4v) is 4.38. The molecular formula is C20H16N2O2S2. The van der Waals surface area contributed by atoms with Gasteiger partial charge in [-0.15, -0.1) is 0 Å². The van der Waals surface area contributed by atoms with Gasteiger partial charge in [-0.1, -0.05) is 45.9 Å². The lowest BCUT2D eigenvalue weighted by Crippen LogP contribution is -2.22. The molecule has 4 aromatic rings. The van der Waals surface area contributed by atoms with E-state index in [4.69, 9.17) is 4.42 Å². The van der Waals surface area contributed by atoms with Crippen molar-refractivity contribution in [3.8, 4) is 0 Å². The van der Waals surface area contributed by atoms with Crippen LogP contribution in [0, 0.1) is 0 Å². The van der Waals surface area contributed by atoms with Gasteiger partial charge in [-0.2, -0.15) is 0 Å². The molecule has 4 nitrogen and oxygen atoms in total. The predicted molar refractivity (Wildman–Crippen MR) is 108 cm³/mol. The van der Waals surface area contributed by atoms with Gasteiger partial charge in [-0.3, -0.25) is 9.78 Å². The highest BCUT2D eigenvalue weighted by Gasteiger charge is 2.14. The maximum atomic E-state index is 12.7. The number of hydrogen-bond donors (Lipinski definition) is 1. The number of carbonyl (C=O) groups excluding carboxylic acids is 1. The molecule has 0 aliphatic rings. The fraction of sp³-hybridized carbons (Fsp3) is 0.100. The van der Waals surface area contributed by atoms with Crippen molar-refractivity contribution in [3.05, 3.63) is 72.1 Å². The number of fused-ring (bicyclic) bond motifs is 2. The predicted octanol–water partition coefficient (Wildman–Crippen LogP) is 5.28. The fourth-order valence-electron chi connectivity index (χ4n) is 2.89. The van der Waals surface area contributed by atoms with Gasteiger partial charge in [-0.25, -0.2) is 0 Å². The van der Waals surface area contributed by atoms with Crippen molar-refractivity contribution in [3.63, 3.8) is 0 Å². The number of para-hydroxylation sites is 1. The number of pyridine rings is 1. The molecule has 2 heterocycles. The minimum absolute atomic E-state index is 0.135. The van der Waals surface area contributed by atoms with Crippen molar-refractivity contribution in [2.24, 2.45) is 0 Å². The summed E-state index contributed by atoms with van der Waals surface area (Å²) in [7, 11) is 3.30. The molecule has 0 aliphatic heterocycles. The van der Waals surface area contributed by atoms with Crippen molar-refractivity contribution in [2.45, 2.75) is 11.4 Å². The molecule has 0 bridgehead atoms. The molecule has 0 atom stereocenters. The summed E-state index contributed by atoms with van der Waals surface area (Å²) in [5, 5.41) is 4.83. The highest BCUT2D eigenvalue weighted by molar-refractivity contribution is 8.76. The topological polar surface area (TPSA) is 55.1 Å². The van der Waals surface area contributed by atoms with E-state index in [1.54, 1.807) is 27.8 Å². The molecule has 4 rings (SSSR count). The first kappa shape index (κ1) is 17.0. The van der Waals surface area contributed by atoms with Crippen LogP contribution in [0.4, 0.5) is 0 Å². The normalized spacial score (nSPS) is 11.1. The smallest absolute Gasteiger partial charge is 0.252 e. The third-order valence-corrected chi connectivity index (χ3v) is 5.76. The van der Waals surface area contributed by atoms with E-state index in [9.17, 15) is 4.79 Å². The Balaban J connectivity index is 1.59. The average molecular weight is 380 g/mol. The summed E-state index contributed by atoms with van der Waals surface area (Å²) in [6, 6.07) is 17.4. The summed E-state index contributed by atoms with van der Waals surface area (Å²) in [6.07, 6.45) is 3.77. The molecule has 0 fully saturated rings. The summed E-state index contributed by atoms with van der Waals surface area (Å²) in [6.45, 7) is 0.344. The van der Waals surface area contributed by atoms with Gasteiger partial charge in [0.05, 0.1) is 12.1 Å². The first-order valence-electron chi connectivity index (χ1n) is 8.10. The second-order valence-corrected chi connectivity index (χ2v) is 8.13. The Morgan fingerprint density at radius 1 is 1.15 bits per heavy atom. The quantitative estimate of drug-likeness (QED) is 0.477. The van der Waals surface area contributed by atoms with E-state index >= 15 is 0 Å². The van der Waals surface area contributed by atoms with Crippen LogP contribution < -0.4 is 5.32 Å². The number of benzene rings is 2. The second-order valence-electron chi connectivity index (χ2n) is 5.69. The van der Waals surface area contributed by atoms with Crippen molar-refractivity contribution in [2.75, 3.05) is 6.26 Å². The number of nitrogens with one attached hydrogen (secondary N) is 1. The number of carbonyl (C=O) groups is 1. The van der Waals surface area contributed by atoms with Crippen LogP contribution in [0.25, 0.3) is 21.9 Å². The van der Waals surface area contributed by atoms with Crippen LogP contribution in [0.2, 0.25) is 0 Å². The molecule has 2 aromatic carbocycles. The van der Waals surface area contributed by atoms with E-state index in [1.807, 2.05) is 60.9 Å². The van der Waals surface area contributed by atoms with E-state index in [0.717, 1.165) is 32.5 Å². The van der Waals surface area contributed by atoms with Crippen LogP contribution in [0.1, 0.15) is 16.1 Å². The Kier molecular flexibility index (Phi) is 4.86. The lowest BCUT2D eigenvalue weighted by atomic mass is 10.1. The standard InChI is InChI=1S/C20H16N2O2S2/c1-25-26-18-9-8-16(15-6-4-10-21-19(15)18)20(23)22-12-14-11-13-5-2-3-7-17(13)24-14/h2-11H,12H2,1H3,(H,22,23). The van der Waals surface area contributed by atoms with Gasteiger partial charge in [0.25, 0.3) is 5.91 Å². The van der Waals surface area contributed by atoms with Gasteiger partial charge in [-0.05, 0) is 36.6 Å². The highest BCUT2D eigenvalue weighted by atomic mass is 33.1. The van der Waals surface area contributed by atoms with Crippen LogP contribution in [0.3, 0.4) is 0 Å². The number of nitrogens with zero attached hydrogens (tertiary/aromatic N) is 1. The molecule has 1 N–H and O–H groups in total. The van der Waals surface area contributed by atoms with E-state index in [1.165, 1.54) is 0 Å². The number of amides is 1. The molecule has 26 heavy (non-hydrogen) atoms. The maximum Gasteiger partial charge on any atom is 0.252 e. The number of hydrogen-bond acceptors (Lipinski definition) is 5. The molecule has 0 spiro atoms. The molecule has 0 saturated carbocycles. The minimum atomic E-state index is -0.135. The molecule has 1 amide bonds. The Labute approximate surface area is 158 Å². The first-order chi connectivity index (χ1) is 12.8. The van der Waals surface area contributed by atoms with Gasteiger partial charge in [0.2, 0.25) is 0 Å². The zero-order valence-electron chi connectivity index (χ0n) is 14.1. The van der Waals surface area contributed by atoms with Gasteiger partial charge in [0.1, 0.15) is 11.3 Å². The summed E-state index contributed by atoms with van der Waals surface area (Å²) < 4.78 is 5.76. The summed E-state index contributed by atoms with van der Waals surface area (Å²) in [4.78, 5) is 18.2. The molecule has 6 heteroatoms. The number of rotatable bonds is 5. The molecule has 0 radical (unpaired) electrons. The third-order valence-electron chi connectivity index (χ3n) is 4.05. The van der Waals surface area contributed by atoms with Crippen molar-refractivity contribution in [1.82, 2.24) is 10.3 Å². The highest BCUT2D eigenvalue weighted by Crippen LogP contribution is 2.34. The Bertz CT molecular complexity index is 1060. The first-order valence-corrected chi connectivity index (χ1v) is 10.7. The van der Waals surface area contributed by atoms with Gasteiger partial charge >= 0.3 is 0 Å². The summed E-state index contributed by atoms with van der Waals surface area (Å²) in [5.74, 6) is 0.598. The Hall–Kier alpha value is -2.44. The molecular weight excluding hydrogens is 364 g/mol. The van der Waals surface area contributed by atoms with Crippen LogP contribution in [-0.4, -0.2) is 17.1 Å². The van der Waals surface area contributed by atoms with Crippen LogP contribution in [0.15, 0.2) is 70.1 Å². The summed E-state index contributed by atoms with van der Waals surface area (Å²) >= 11 is 0. The molecule has 130 valence electrons. The maximum absolute atomic E-state index is 12.7. The van der Waals surface area contributed by atoms with E-state index < -0.39 is 0 Å². The average Bonchev–Trinajstić information content (AvgIpc) is 3.09. The largest absolute Gasteiger partial charge is 0.459 e. The minimum Gasteiger partial charge on any atom is -0.459 e. The van der Waals surface area contributed by atoms with Crippen molar-refractivity contribution >= 4 is 49.4 Å². The molecule has 0 saturated heterocycles. The van der Waals surface area contributed by atoms with Gasteiger partial charge < -0.3 is 9.73 Å². The monoisotopic (exact) mass is 380 g/mol. The Morgan fingerprint density at radius 3 is 2.88 bits per heavy atom. The summed E-state index contributed by atoms with van der Waals surface area (Å²) in [5.41, 5.74) is 2.29. The van der Waals surface area contributed by atoms with E-state index in [0.29, 0.717) is 12.1 Å². The number of furan rings is 1. The molecule has 0 aliphatic carbocycles. The van der Waals surface area contributed by atoms with Crippen molar-refractivity contribution < 1.29 is 9.21 Å². The third kappa shape index (κ3) is 3.30. The zero-order chi connectivity index (χ0) is 17.9. The number of aromatic nitrogens is 1. The van der Waals surface area contributed by atoms with Gasteiger partial charge in [0.15, 0.2) is 0 Å². The molecule has 2 aromatic heterocycles. The van der Waals surface area contributed by atoms with Crippen LogP contribution in [-0.2, 0) is 6.54 Å². The van der Waals surface area contributed by atoms with Gasteiger partial charge in [0, 0.05) is 27.4 Å². The Morgan fingerprint density at radius 2 is 2.04 bits per heavy atom. The van der Waals surface area contributed by atoms with Crippen LogP contribution in [0.5, 0.6) is 0 Å². The lowest BCUT2D eigenvalue weighted by molar-refractivity contribution is 0.0950. The second kappa shape index (κ2) is 7.43. The van der Waals surface area contributed by atoms with E-state index in [-0.39, 0.29) is 5.91 Å².